The van der Waals surface area contributed by atoms with E-state index in [2.05, 4.69) is 19.3 Å². The van der Waals surface area contributed by atoms with Crippen LogP contribution in [0.4, 0.5) is 0 Å². The van der Waals surface area contributed by atoms with Gasteiger partial charge in [0.15, 0.2) is 0 Å². The summed E-state index contributed by atoms with van der Waals surface area (Å²) in [6.45, 7) is 4.52. The average molecular weight is 242 g/mol. The van der Waals surface area contributed by atoms with E-state index in [1.807, 2.05) is 0 Å². The highest BCUT2D eigenvalue weighted by atomic mass is 15.2. The van der Waals surface area contributed by atoms with E-state index in [1.54, 1.807) is 0 Å². The van der Waals surface area contributed by atoms with E-state index in [-0.39, 0.29) is 0 Å². The third kappa shape index (κ3) is 12.2. The third-order valence-corrected chi connectivity index (χ3v) is 3.55. The van der Waals surface area contributed by atoms with Crippen LogP contribution < -0.4 is 11.3 Å². The summed E-state index contributed by atoms with van der Waals surface area (Å²) in [6, 6.07) is 0.553. The van der Waals surface area contributed by atoms with Gasteiger partial charge >= 0.3 is 0 Å². The lowest BCUT2D eigenvalue weighted by Gasteiger charge is -2.15. The number of nitrogens with two attached hydrogens (primary N) is 1. The molecule has 3 N–H and O–H groups in total. The van der Waals surface area contributed by atoms with E-state index in [0.29, 0.717) is 6.04 Å². The molecule has 104 valence electrons. The third-order valence-electron chi connectivity index (χ3n) is 3.55. The van der Waals surface area contributed by atoms with Crippen LogP contribution >= 0.6 is 0 Å². The zero-order chi connectivity index (χ0) is 12.8. The Morgan fingerprint density at radius 3 is 1.65 bits per heavy atom. The predicted octanol–water partition coefficient (Wildman–Crippen LogP) is 4.54. The van der Waals surface area contributed by atoms with Gasteiger partial charge in [-0.15, -0.1) is 0 Å². The Morgan fingerprint density at radius 2 is 1.12 bits per heavy atom. The molecule has 0 saturated heterocycles. The standard InChI is InChI=1S/C15H34N2/c1-3-5-7-8-9-10-12-14-15(17-16)13-11-6-4-2/h15,17H,3-14,16H2,1-2H3. The first kappa shape index (κ1) is 16.9. The summed E-state index contributed by atoms with van der Waals surface area (Å²) in [5.74, 6) is 5.59. The van der Waals surface area contributed by atoms with Gasteiger partial charge in [-0.1, -0.05) is 78.1 Å². The monoisotopic (exact) mass is 242 g/mol. The number of hydrogen-bond acceptors (Lipinski definition) is 2. The molecule has 0 saturated carbocycles. The van der Waals surface area contributed by atoms with E-state index in [9.17, 15) is 0 Å². The molecule has 0 fully saturated rings. The molecule has 17 heavy (non-hydrogen) atoms. The van der Waals surface area contributed by atoms with Crippen LogP contribution in [0.2, 0.25) is 0 Å². The molecule has 0 heterocycles. The summed E-state index contributed by atoms with van der Waals surface area (Å²) in [6.07, 6.45) is 16.2. The van der Waals surface area contributed by atoms with Crippen LogP contribution in [0.25, 0.3) is 0 Å². The van der Waals surface area contributed by atoms with E-state index < -0.39 is 0 Å². The van der Waals surface area contributed by atoms with Crippen molar-refractivity contribution < 1.29 is 0 Å². The summed E-state index contributed by atoms with van der Waals surface area (Å²) >= 11 is 0. The molecule has 1 unspecified atom stereocenters. The van der Waals surface area contributed by atoms with Crippen molar-refractivity contribution in [2.24, 2.45) is 5.84 Å². The first-order valence-corrected chi connectivity index (χ1v) is 7.81. The van der Waals surface area contributed by atoms with Gasteiger partial charge in [-0.25, -0.2) is 0 Å². The fourth-order valence-electron chi connectivity index (χ4n) is 2.30. The maximum atomic E-state index is 5.59. The molecule has 1 atom stereocenters. The van der Waals surface area contributed by atoms with Gasteiger partial charge in [0, 0.05) is 6.04 Å². The van der Waals surface area contributed by atoms with E-state index in [1.165, 1.54) is 77.0 Å². The Morgan fingerprint density at radius 1 is 0.706 bits per heavy atom. The number of hydrazine groups is 1. The van der Waals surface area contributed by atoms with Crippen molar-refractivity contribution in [3.05, 3.63) is 0 Å². The van der Waals surface area contributed by atoms with Gasteiger partial charge in [-0.2, -0.15) is 0 Å². The minimum atomic E-state index is 0.553. The second-order valence-corrected chi connectivity index (χ2v) is 5.27. The van der Waals surface area contributed by atoms with Gasteiger partial charge in [0.1, 0.15) is 0 Å². The van der Waals surface area contributed by atoms with Crippen LogP contribution in [0.1, 0.15) is 90.9 Å². The molecule has 0 aliphatic rings. The fourth-order valence-corrected chi connectivity index (χ4v) is 2.30. The summed E-state index contributed by atoms with van der Waals surface area (Å²) in [7, 11) is 0. The largest absolute Gasteiger partial charge is 0.271 e. The lowest BCUT2D eigenvalue weighted by Crippen LogP contribution is -2.34. The molecule has 2 nitrogen and oxygen atoms in total. The minimum absolute atomic E-state index is 0.553. The molecule has 0 aromatic heterocycles. The molecule has 0 bridgehead atoms. The lowest BCUT2D eigenvalue weighted by molar-refractivity contribution is 0.422. The molecule has 0 aromatic rings. The van der Waals surface area contributed by atoms with Crippen LogP contribution in [-0.4, -0.2) is 6.04 Å². The van der Waals surface area contributed by atoms with Crippen molar-refractivity contribution >= 4 is 0 Å². The lowest BCUT2D eigenvalue weighted by atomic mass is 10.0. The van der Waals surface area contributed by atoms with E-state index in [4.69, 9.17) is 5.84 Å². The van der Waals surface area contributed by atoms with Gasteiger partial charge in [-0.3, -0.25) is 11.3 Å². The molecule has 0 amide bonds. The van der Waals surface area contributed by atoms with E-state index in [0.717, 1.165) is 0 Å². The van der Waals surface area contributed by atoms with Gasteiger partial charge in [0.25, 0.3) is 0 Å². The minimum Gasteiger partial charge on any atom is -0.271 e. The predicted molar refractivity (Wildman–Crippen MR) is 77.9 cm³/mol. The molecule has 0 spiro atoms. The van der Waals surface area contributed by atoms with Gasteiger partial charge in [0.2, 0.25) is 0 Å². The second kappa shape index (κ2) is 14.0. The molecule has 2 heteroatoms. The summed E-state index contributed by atoms with van der Waals surface area (Å²) in [5.41, 5.74) is 2.97. The maximum Gasteiger partial charge on any atom is 0.0210 e. The van der Waals surface area contributed by atoms with Gasteiger partial charge in [-0.05, 0) is 12.8 Å². The van der Waals surface area contributed by atoms with Crippen LogP contribution in [0, 0.1) is 0 Å². The Labute approximate surface area is 109 Å². The Bertz CT molecular complexity index is 137. The maximum absolute atomic E-state index is 5.59. The molecule has 0 aliphatic heterocycles. The van der Waals surface area contributed by atoms with Crippen molar-refractivity contribution in [3.8, 4) is 0 Å². The summed E-state index contributed by atoms with van der Waals surface area (Å²) in [5, 5.41) is 0. The number of unbranched alkanes of at least 4 members (excludes halogenated alkanes) is 8. The van der Waals surface area contributed by atoms with Crippen LogP contribution in [-0.2, 0) is 0 Å². The van der Waals surface area contributed by atoms with Crippen molar-refractivity contribution in [2.45, 2.75) is 96.9 Å². The highest BCUT2D eigenvalue weighted by molar-refractivity contribution is 4.63. The zero-order valence-electron chi connectivity index (χ0n) is 12.1. The average Bonchev–Trinajstić information content (AvgIpc) is 2.35. The first-order chi connectivity index (χ1) is 8.35. The molecule has 0 aromatic carbocycles. The Hall–Kier alpha value is -0.0800. The van der Waals surface area contributed by atoms with Crippen LogP contribution in [0.3, 0.4) is 0 Å². The fraction of sp³-hybridized carbons (Fsp3) is 1.00. The first-order valence-electron chi connectivity index (χ1n) is 7.81. The smallest absolute Gasteiger partial charge is 0.0210 e. The van der Waals surface area contributed by atoms with Gasteiger partial charge < -0.3 is 0 Å². The van der Waals surface area contributed by atoms with Crippen LogP contribution in [0.5, 0.6) is 0 Å². The van der Waals surface area contributed by atoms with Gasteiger partial charge in [0.05, 0.1) is 0 Å². The zero-order valence-corrected chi connectivity index (χ0v) is 12.1. The molecule has 0 aliphatic carbocycles. The number of hydrogen-bond donors (Lipinski definition) is 2. The van der Waals surface area contributed by atoms with E-state index >= 15 is 0 Å². The van der Waals surface area contributed by atoms with Crippen molar-refractivity contribution in [3.63, 3.8) is 0 Å². The number of rotatable bonds is 13. The Kier molecular flexibility index (Phi) is 13.9. The topological polar surface area (TPSA) is 38.0 Å². The Balaban J connectivity index is 3.25. The highest BCUT2D eigenvalue weighted by Gasteiger charge is 2.05. The van der Waals surface area contributed by atoms with Crippen molar-refractivity contribution in [2.75, 3.05) is 0 Å². The highest BCUT2D eigenvalue weighted by Crippen LogP contribution is 2.12. The summed E-state index contributed by atoms with van der Waals surface area (Å²) < 4.78 is 0. The van der Waals surface area contributed by atoms with Crippen LogP contribution in [0.15, 0.2) is 0 Å². The number of nitrogens with one attached hydrogen (secondary N) is 1. The SMILES string of the molecule is CCCCCCCCCC(CCCCC)NN. The molecular weight excluding hydrogens is 208 g/mol. The van der Waals surface area contributed by atoms with Crippen molar-refractivity contribution in [1.29, 1.82) is 0 Å². The second-order valence-electron chi connectivity index (χ2n) is 5.27. The quantitative estimate of drug-likeness (QED) is 0.283. The normalized spacial score (nSPS) is 12.9. The van der Waals surface area contributed by atoms with Crippen molar-refractivity contribution in [1.82, 2.24) is 5.43 Å². The summed E-state index contributed by atoms with van der Waals surface area (Å²) in [4.78, 5) is 0. The molecule has 0 rings (SSSR count). The molecule has 0 radical (unpaired) electrons. The molecular formula is C15H34N2.